The third-order valence-corrected chi connectivity index (χ3v) is 4.25. The lowest BCUT2D eigenvalue weighted by Crippen LogP contribution is -2.30. The van der Waals surface area contributed by atoms with E-state index in [0.717, 1.165) is 11.1 Å². The summed E-state index contributed by atoms with van der Waals surface area (Å²) in [5.74, 6) is -1.85. The Labute approximate surface area is 139 Å². The summed E-state index contributed by atoms with van der Waals surface area (Å²) in [6.45, 7) is 0.629. The summed E-state index contributed by atoms with van der Waals surface area (Å²) >= 11 is 0. The highest BCUT2D eigenvalue weighted by molar-refractivity contribution is 5.75. The number of aromatic nitrogens is 2. The first-order valence-corrected chi connectivity index (χ1v) is 7.71. The van der Waals surface area contributed by atoms with Crippen molar-refractivity contribution >= 4 is 12.1 Å². The molecule has 0 aliphatic carbocycles. The van der Waals surface area contributed by atoms with Crippen LogP contribution in [-0.2, 0) is 23.2 Å². The summed E-state index contributed by atoms with van der Waals surface area (Å²) in [6, 6.07) is 9.38. The number of carboxylic acids is 1. The van der Waals surface area contributed by atoms with Crippen LogP contribution in [0.5, 0.6) is 0 Å². The second-order valence-electron chi connectivity index (χ2n) is 5.94. The van der Waals surface area contributed by atoms with Crippen LogP contribution in [0.2, 0.25) is 0 Å². The van der Waals surface area contributed by atoms with Crippen LogP contribution >= 0.6 is 0 Å². The number of amides is 1. The van der Waals surface area contributed by atoms with Crippen molar-refractivity contribution in [3.63, 3.8) is 0 Å². The number of hydrogen-bond donors (Lipinski definition) is 1. The minimum atomic E-state index is -0.915. The van der Waals surface area contributed by atoms with Crippen LogP contribution in [0.15, 0.2) is 42.7 Å². The Balaban J connectivity index is 1.66. The Kier molecular flexibility index (Phi) is 4.50. The molecule has 2 atom stereocenters. The monoisotopic (exact) mass is 329 g/mol. The van der Waals surface area contributed by atoms with Crippen molar-refractivity contribution in [3.8, 4) is 0 Å². The standard InChI is InChI=1S/C17H19N3O4/c1-19-8-13(7-18-19)14-9-20(10-15(14)16(21)22)17(23)24-11-12-5-3-2-4-6-12/h2-8,14-15H,9-11H2,1H3,(H,21,22)/t14-,15+/m0/s1. The zero-order chi connectivity index (χ0) is 17.1. The minimum absolute atomic E-state index is 0.141. The number of nitrogens with zero attached hydrogens (tertiary/aromatic N) is 3. The largest absolute Gasteiger partial charge is 0.481 e. The molecule has 1 aromatic carbocycles. The molecule has 1 fully saturated rings. The zero-order valence-electron chi connectivity index (χ0n) is 13.3. The van der Waals surface area contributed by atoms with Gasteiger partial charge in [0.15, 0.2) is 0 Å². The average Bonchev–Trinajstić information content (AvgIpc) is 3.20. The van der Waals surface area contributed by atoms with E-state index in [0.29, 0.717) is 6.54 Å². The smallest absolute Gasteiger partial charge is 0.410 e. The molecule has 1 aliphatic heterocycles. The van der Waals surface area contributed by atoms with Gasteiger partial charge in [-0.15, -0.1) is 0 Å². The summed E-state index contributed by atoms with van der Waals surface area (Å²) in [4.78, 5) is 25.3. The molecule has 2 aromatic rings. The quantitative estimate of drug-likeness (QED) is 0.925. The number of ether oxygens (including phenoxy) is 1. The molecule has 1 aliphatic rings. The Bertz CT molecular complexity index is 728. The normalized spacial score (nSPS) is 20.1. The van der Waals surface area contributed by atoms with Gasteiger partial charge >= 0.3 is 12.1 Å². The number of rotatable bonds is 4. The van der Waals surface area contributed by atoms with Gasteiger partial charge in [0.25, 0.3) is 0 Å². The molecule has 0 radical (unpaired) electrons. The molecule has 2 heterocycles. The molecule has 24 heavy (non-hydrogen) atoms. The Morgan fingerprint density at radius 3 is 2.67 bits per heavy atom. The first kappa shape index (κ1) is 16.0. The first-order chi connectivity index (χ1) is 11.5. The van der Waals surface area contributed by atoms with E-state index in [1.165, 1.54) is 4.90 Å². The summed E-state index contributed by atoms with van der Waals surface area (Å²) < 4.78 is 6.93. The third kappa shape index (κ3) is 3.40. The first-order valence-electron chi connectivity index (χ1n) is 7.71. The fourth-order valence-electron chi connectivity index (χ4n) is 2.98. The maximum atomic E-state index is 12.3. The molecule has 0 saturated carbocycles. The summed E-state index contributed by atoms with van der Waals surface area (Å²) in [5, 5.41) is 13.5. The van der Waals surface area contributed by atoms with E-state index < -0.39 is 18.0 Å². The molecule has 1 N–H and O–H groups in total. The number of aliphatic carboxylic acids is 1. The van der Waals surface area contributed by atoms with Gasteiger partial charge in [0, 0.05) is 32.3 Å². The Hall–Kier alpha value is -2.83. The number of likely N-dealkylation sites (tertiary alicyclic amines) is 1. The van der Waals surface area contributed by atoms with Crippen molar-refractivity contribution in [2.24, 2.45) is 13.0 Å². The van der Waals surface area contributed by atoms with Crippen LogP contribution in [-0.4, -0.2) is 44.9 Å². The number of carbonyl (C=O) groups is 2. The molecular formula is C17H19N3O4. The summed E-state index contributed by atoms with van der Waals surface area (Å²) in [6.07, 6.45) is 2.95. The van der Waals surface area contributed by atoms with Crippen molar-refractivity contribution in [2.75, 3.05) is 13.1 Å². The average molecular weight is 329 g/mol. The van der Waals surface area contributed by atoms with Gasteiger partial charge in [0.05, 0.1) is 12.1 Å². The van der Waals surface area contributed by atoms with Crippen LogP contribution in [0.4, 0.5) is 4.79 Å². The topological polar surface area (TPSA) is 84.7 Å². The summed E-state index contributed by atoms with van der Waals surface area (Å²) in [5.41, 5.74) is 1.71. The second-order valence-corrected chi connectivity index (χ2v) is 5.94. The van der Waals surface area contributed by atoms with Crippen molar-refractivity contribution in [2.45, 2.75) is 12.5 Å². The lowest BCUT2D eigenvalue weighted by Gasteiger charge is -2.16. The van der Waals surface area contributed by atoms with Gasteiger partial charge in [-0.3, -0.25) is 9.48 Å². The van der Waals surface area contributed by atoms with Gasteiger partial charge in [0.2, 0.25) is 0 Å². The molecule has 0 bridgehead atoms. The third-order valence-electron chi connectivity index (χ3n) is 4.25. The zero-order valence-corrected chi connectivity index (χ0v) is 13.3. The molecule has 7 heteroatoms. The van der Waals surface area contributed by atoms with E-state index in [1.54, 1.807) is 24.1 Å². The molecule has 0 unspecified atom stereocenters. The van der Waals surface area contributed by atoms with Gasteiger partial charge < -0.3 is 14.7 Å². The minimum Gasteiger partial charge on any atom is -0.481 e. The predicted octanol–water partition coefficient (Wildman–Crippen LogP) is 1.86. The fourth-order valence-corrected chi connectivity index (χ4v) is 2.98. The number of carbonyl (C=O) groups excluding carboxylic acids is 1. The number of benzene rings is 1. The number of carboxylic acid groups (broad SMARTS) is 1. The number of hydrogen-bond acceptors (Lipinski definition) is 4. The van der Waals surface area contributed by atoms with Crippen molar-refractivity contribution in [1.82, 2.24) is 14.7 Å². The fraction of sp³-hybridized carbons (Fsp3) is 0.353. The number of aryl methyl sites for hydroxylation is 1. The maximum Gasteiger partial charge on any atom is 0.410 e. The highest BCUT2D eigenvalue weighted by Crippen LogP contribution is 2.33. The summed E-state index contributed by atoms with van der Waals surface area (Å²) in [7, 11) is 1.78. The van der Waals surface area contributed by atoms with Gasteiger partial charge in [-0.25, -0.2) is 4.79 Å². The van der Waals surface area contributed by atoms with E-state index in [9.17, 15) is 14.7 Å². The van der Waals surface area contributed by atoms with E-state index in [1.807, 2.05) is 30.3 Å². The van der Waals surface area contributed by atoms with Crippen LogP contribution < -0.4 is 0 Å². The van der Waals surface area contributed by atoms with E-state index >= 15 is 0 Å². The molecule has 3 rings (SSSR count). The van der Waals surface area contributed by atoms with Gasteiger partial charge in [-0.2, -0.15) is 5.10 Å². The molecule has 0 spiro atoms. The lowest BCUT2D eigenvalue weighted by molar-refractivity contribution is -0.141. The van der Waals surface area contributed by atoms with E-state index in [2.05, 4.69) is 5.10 Å². The Morgan fingerprint density at radius 2 is 2.04 bits per heavy atom. The van der Waals surface area contributed by atoms with Gasteiger partial charge in [-0.1, -0.05) is 30.3 Å². The molecular weight excluding hydrogens is 310 g/mol. The molecule has 1 amide bonds. The molecule has 7 nitrogen and oxygen atoms in total. The van der Waals surface area contributed by atoms with Gasteiger partial charge in [-0.05, 0) is 11.1 Å². The molecule has 1 aromatic heterocycles. The Morgan fingerprint density at radius 1 is 1.29 bits per heavy atom. The van der Waals surface area contributed by atoms with Crippen molar-refractivity contribution in [3.05, 3.63) is 53.9 Å². The van der Waals surface area contributed by atoms with E-state index in [-0.39, 0.29) is 19.1 Å². The van der Waals surface area contributed by atoms with Crippen LogP contribution in [0.3, 0.4) is 0 Å². The lowest BCUT2D eigenvalue weighted by atomic mass is 9.91. The van der Waals surface area contributed by atoms with Crippen molar-refractivity contribution in [1.29, 1.82) is 0 Å². The SMILES string of the molecule is Cn1cc([C@@H]2CN(C(=O)OCc3ccccc3)C[C@H]2C(=O)O)cn1. The molecule has 1 saturated heterocycles. The van der Waals surface area contributed by atoms with Crippen molar-refractivity contribution < 1.29 is 19.4 Å². The molecule has 126 valence electrons. The van der Waals surface area contributed by atoms with Crippen LogP contribution in [0, 0.1) is 5.92 Å². The van der Waals surface area contributed by atoms with Crippen LogP contribution in [0.1, 0.15) is 17.0 Å². The maximum absolute atomic E-state index is 12.3. The van der Waals surface area contributed by atoms with Gasteiger partial charge in [0.1, 0.15) is 6.61 Å². The van der Waals surface area contributed by atoms with E-state index in [4.69, 9.17) is 4.74 Å². The predicted molar refractivity (Wildman–Crippen MR) is 85.3 cm³/mol. The second kappa shape index (κ2) is 6.74. The highest BCUT2D eigenvalue weighted by Gasteiger charge is 2.41. The highest BCUT2D eigenvalue weighted by atomic mass is 16.6. The van der Waals surface area contributed by atoms with Crippen LogP contribution in [0.25, 0.3) is 0 Å².